The molecule has 12 nitrogen and oxygen atoms in total. The maximum Gasteiger partial charge on any atom is 2.00 e. The molecule has 0 aromatic carbocycles. The van der Waals surface area contributed by atoms with Crippen molar-refractivity contribution in [2.75, 3.05) is 0 Å². The standard InChI is InChI=1S/Al.Ca.K.Mg.Na.3H3O4P.H2S.9H/c;;;;;3*1-5(2,3)4;;;;;;;;;;/h;;;;;3*(H3,1,2,3,4);1H2;;;;;;;;;/q;+2;+1;+2;+1;;;;;;;;6*-1. The topological polar surface area (TPSA) is 233 Å². The van der Waals surface area contributed by atoms with Gasteiger partial charge in [-0.2, -0.15) is 13.5 Å². The van der Waals surface area contributed by atoms with Gasteiger partial charge in [0.05, 0.1) is 0 Å². The van der Waals surface area contributed by atoms with Gasteiger partial charge in [0.15, 0.2) is 17.4 Å². The average molecular weight is 491 g/mol. The molecule has 0 saturated carbocycles. The van der Waals surface area contributed by atoms with E-state index < -0.39 is 23.5 Å². The number of phosphoric acid groups is 3. The van der Waals surface area contributed by atoms with E-state index in [2.05, 4.69) is 0 Å². The van der Waals surface area contributed by atoms with Crippen LogP contribution in [0.1, 0.15) is 8.56 Å². The number of hydrogen-bond acceptors (Lipinski definition) is 3. The number of hydrogen-bond donors (Lipinski definition) is 9. The largest absolute Gasteiger partial charge is 2.00 e. The minimum atomic E-state index is -4.64. The van der Waals surface area contributed by atoms with E-state index in [4.69, 9.17) is 57.7 Å². The minimum Gasteiger partial charge on any atom is -1.00 e. The zero-order valence-corrected chi connectivity index (χ0v) is 22.9. The fourth-order valence-corrected chi connectivity index (χ4v) is 0. The molecule has 9 N–H and O–H groups in total. The van der Waals surface area contributed by atoms with Gasteiger partial charge >= 0.3 is 165 Å². The van der Waals surface area contributed by atoms with Gasteiger partial charge < -0.3 is 52.6 Å². The van der Waals surface area contributed by atoms with Crippen LogP contribution in [0.3, 0.4) is 0 Å². The third-order valence-electron chi connectivity index (χ3n) is 0. The SMILES string of the molecule is O=P(O)(O)O.O=P(O)(O)O.O=P(O)(O)O.S.[AlH3].[Ca+2].[H-].[H-].[H-].[H-].[H-].[H-].[K+].[Mg+2].[Na+]. The van der Waals surface area contributed by atoms with Crippen LogP contribution in [-0.2, 0) is 13.7 Å². The van der Waals surface area contributed by atoms with Gasteiger partial charge in [-0.3, -0.25) is 0 Å². The molecular formula is H20AlCaKMgNaO12P3S. The molecule has 0 bridgehead atoms. The van der Waals surface area contributed by atoms with Gasteiger partial charge in [0, 0.05) is 0 Å². The molecule has 0 aliphatic rings. The van der Waals surface area contributed by atoms with E-state index in [1.807, 2.05) is 0 Å². The van der Waals surface area contributed by atoms with Crippen LogP contribution < -0.4 is 80.9 Å². The summed E-state index contributed by atoms with van der Waals surface area (Å²) >= 11 is 0. The quantitative estimate of drug-likeness (QED) is 0.114. The van der Waals surface area contributed by atoms with Crippen molar-refractivity contribution in [3.05, 3.63) is 0 Å². The fourth-order valence-electron chi connectivity index (χ4n) is 0. The van der Waals surface area contributed by atoms with E-state index in [0.29, 0.717) is 0 Å². The fraction of sp³-hybridized carbons (Fsp3) is 0. The smallest absolute Gasteiger partial charge is 1.00 e. The second-order valence-electron chi connectivity index (χ2n) is 1.54. The molecule has 0 rings (SSSR count). The van der Waals surface area contributed by atoms with Gasteiger partial charge in [-0.1, -0.05) is 0 Å². The first-order valence-corrected chi connectivity index (χ1v) is 7.04. The van der Waals surface area contributed by atoms with Crippen molar-refractivity contribution in [2.45, 2.75) is 0 Å². The molecule has 0 aromatic rings. The van der Waals surface area contributed by atoms with Crippen LogP contribution in [0, 0.1) is 0 Å². The normalized spacial score (nSPS) is 8.43. The molecule has 21 heteroatoms. The Morgan fingerprint density at radius 2 is 0.619 bits per heavy atom. The molecule has 0 atom stereocenters. The van der Waals surface area contributed by atoms with Gasteiger partial charge in [-0.15, -0.1) is 0 Å². The third-order valence-corrected chi connectivity index (χ3v) is 0. The Balaban J connectivity index is -0.00000000503. The number of rotatable bonds is 0. The first kappa shape index (κ1) is 56.3. The van der Waals surface area contributed by atoms with Crippen molar-refractivity contribution < 1.29 is 147 Å². The summed E-state index contributed by atoms with van der Waals surface area (Å²) in [7, 11) is -13.9. The van der Waals surface area contributed by atoms with Crippen molar-refractivity contribution in [2.24, 2.45) is 0 Å². The minimum absolute atomic E-state index is 0. The van der Waals surface area contributed by atoms with Crippen molar-refractivity contribution in [3.63, 3.8) is 0 Å². The van der Waals surface area contributed by atoms with Gasteiger partial charge in [0.2, 0.25) is 0 Å². The molecule has 0 radical (unpaired) electrons. The predicted molar refractivity (Wildman–Crippen MR) is 81.3 cm³/mol. The molecule has 21 heavy (non-hydrogen) atoms. The van der Waals surface area contributed by atoms with E-state index in [0.717, 1.165) is 0 Å². The van der Waals surface area contributed by atoms with Crippen molar-refractivity contribution in [1.82, 2.24) is 0 Å². The van der Waals surface area contributed by atoms with E-state index in [1.54, 1.807) is 0 Å². The first-order valence-electron chi connectivity index (χ1n) is 2.35. The summed E-state index contributed by atoms with van der Waals surface area (Å²) in [4.78, 5) is 64.7. The maximum atomic E-state index is 8.88. The predicted octanol–water partition coefficient (Wildman–Crippen LogP) is -9.94. The molecule has 0 aliphatic heterocycles. The molecule has 0 amide bonds. The van der Waals surface area contributed by atoms with E-state index in [1.165, 1.54) is 0 Å². The zero-order valence-electron chi connectivity index (χ0n) is 16.5. The van der Waals surface area contributed by atoms with Crippen LogP contribution in [0.25, 0.3) is 0 Å². The Morgan fingerprint density at radius 1 is 0.619 bits per heavy atom. The van der Waals surface area contributed by atoms with Gasteiger partial charge in [-0.25, -0.2) is 13.7 Å². The molecular weight excluding hydrogens is 470 g/mol. The summed E-state index contributed by atoms with van der Waals surface area (Å²) in [6.45, 7) is 0. The van der Waals surface area contributed by atoms with Crippen LogP contribution in [0.4, 0.5) is 0 Å². The summed E-state index contributed by atoms with van der Waals surface area (Å²) in [5.74, 6) is 0. The third kappa shape index (κ3) is 427. The van der Waals surface area contributed by atoms with Crippen molar-refractivity contribution in [3.8, 4) is 0 Å². The van der Waals surface area contributed by atoms with E-state index in [-0.39, 0.29) is 181 Å². The van der Waals surface area contributed by atoms with Crippen LogP contribution in [0.5, 0.6) is 0 Å². The Kier molecular flexibility index (Phi) is 75.3. The molecule has 0 saturated heterocycles. The van der Waals surface area contributed by atoms with Crippen LogP contribution in [0.15, 0.2) is 0 Å². The Bertz CT molecular complexity index is 251. The first-order chi connectivity index (χ1) is 6.00. The van der Waals surface area contributed by atoms with E-state index in [9.17, 15) is 0 Å². The molecule has 0 heterocycles. The zero-order chi connectivity index (χ0) is 13.5. The molecule has 0 fully saturated rings. The summed E-state index contributed by atoms with van der Waals surface area (Å²) < 4.78 is 26.6. The second kappa shape index (κ2) is 28.1. The Labute approximate surface area is 257 Å². The van der Waals surface area contributed by atoms with Gasteiger partial charge in [0.1, 0.15) is 0 Å². The summed E-state index contributed by atoms with van der Waals surface area (Å²) in [5, 5.41) is 0. The Hall–Kier alpha value is 5.87. The molecule has 0 aromatic heterocycles. The molecule has 0 unspecified atom stereocenters. The van der Waals surface area contributed by atoms with Crippen molar-refractivity contribution in [1.29, 1.82) is 0 Å². The van der Waals surface area contributed by atoms with Gasteiger partial charge in [-0.05, 0) is 0 Å². The van der Waals surface area contributed by atoms with Crippen LogP contribution >= 0.6 is 37.0 Å². The molecule has 0 aliphatic carbocycles. The monoisotopic (exact) mass is 490 g/mol. The Morgan fingerprint density at radius 3 is 0.619 bits per heavy atom. The van der Waals surface area contributed by atoms with Crippen molar-refractivity contribution >= 4 is 115 Å². The maximum absolute atomic E-state index is 8.88. The average Bonchev–Trinajstić information content (AvgIpc) is 1.41. The van der Waals surface area contributed by atoms with Crippen LogP contribution in [-0.4, -0.2) is 122 Å². The summed E-state index contributed by atoms with van der Waals surface area (Å²) in [6, 6.07) is 0. The van der Waals surface area contributed by atoms with Crippen LogP contribution in [0.2, 0.25) is 0 Å². The van der Waals surface area contributed by atoms with E-state index >= 15 is 0 Å². The summed E-state index contributed by atoms with van der Waals surface area (Å²) in [5.41, 5.74) is 0. The summed E-state index contributed by atoms with van der Waals surface area (Å²) in [6.07, 6.45) is 0. The molecule has 122 valence electrons. The van der Waals surface area contributed by atoms with Gasteiger partial charge in [0.25, 0.3) is 0 Å². The second-order valence-corrected chi connectivity index (χ2v) is 4.62. The molecule has 0 spiro atoms.